The van der Waals surface area contributed by atoms with E-state index in [9.17, 15) is 14.0 Å². The van der Waals surface area contributed by atoms with E-state index in [1.165, 1.54) is 23.9 Å². The molecule has 0 bridgehead atoms. The number of nitrogens with zero attached hydrogens (tertiary/aromatic N) is 4. The zero-order valence-electron chi connectivity index (χ0n) is 22.8. The van der Waals surface area contributed by atoms with Crippen LogP contribution in [0.3, 0.4) is 0 Å². The summed E-state index contributed by atoms with van der Waals surface area (Å²) < 4.78 is 16.3. The van der Waals surface area contributed by atoms with Gasteiger partial charge in [0.25, 0.3) is 0 Å². The number of rotatable bonds is 4. The van der Waals surface area contributed by atoms with E-state index in [4.69, 9.17) is 5.10 Å². The first-order valence-corrected chi connectivity index (χ1v) is 14.3. The molecule has 200 valence electrons. The van der Waals surface area contributed by atoms with E-state index in [0.29, 0.717) is 5.82 Å². The number of carbonyl (C=O) groups is 2. The number of benzene rings is 2. The van der Waals surface area contributed by atoms with Crippen LogP contribution in [0.15, 0.2) is 42.5 Å². The Morgan fingerprint density at radius 1 is 1.11 bits per heavy atom. The second kappa shape index (κ2) is 10.2. The summed E-state index contributed by atoms with van der Waals surface area (Å²) in [4.78, 5) is 30.6. The van der Waals surface area contributed by atoms with Crippen LogP contribution in [0.2, 0.25) is 0 Å². The lowest BCUT2D eigenvalue weighted by atomic mass is 9.87. The molecular weight excluding hydrogens is 499 g/mol. The summed E-state index contributed by atoms with van der Waals surface area (Å²) in [5.74, 6) is 0.273. The lowest BCUT2D eigenvalue weighted by Gasteiger charge is -2.26. The highest BCUT2D eigenvalue weighted by Crippen LogP contribution is 2.48. The zero-order chi connectivity index (χ0) is 27.2. The molecule has 6 nitrogen and oxygen atoms in total. The molecule has 5 rings (SSSR count). The maximum atomic E-state index is 14.4. The van der Waals surface area contributed by atoms with Crippen LogP contribution in [0.4, 0.5) is 10.2 Å². The second-order valence-electron chi connectivity index (χ2n) is 11.4. The molecule has 38 heavy (non-hydrogen) atoms. The zero-order valence-corrected chi connectivity index (χ0v) is 23.6. The lowest BCUT2D eigenvalue weighted by molar-refractivity contribution is -0.130. The number of halogens is 1. The minimum Gasteiger partial charge on any atom is -0.341 e. The van der Waals surface area contributed by atoms with Gasteiger partial charge in [-0.05, 0) is 56.0 Å². The van der Waals surface area contributed by atoms with Crippen molar-refractivity contribution >= 4 is 29.4 Å². The Balaban J connectivity index is 1.78. The summed E-state index contributed by atoms with van der Waals surface area (Å²) in [7, 11) is 0. The van der Waals surface area contributed by atoms with Crippen molar-refractivity contribution in [3.8, 4) is 5.69 Å². The monoisotopic (exact) mass is 534 g/mol. The molecule has 1 saturated heterocycles. The third-order valence-electron chi connectivity index (χ3n) is 7.28. The van der Waals surface area contributed by atoms with Crippen molar-refractivity contribution in [1.29, 1.82) is 0 Å². The summed E-state index contributed by atoms with van der Waals surface area (Å²) in [5, 5.41) is 4.83. The SMILES string of the molecule is Cc1ccc(-n2nc(C(C)(C)C)c3c2N(CC(=O)N2CCCC2)C(=O)CS[C@H]3c2cccc(F)c2)c(C)c1. The fourth-order valence-electron chi connectivity index (χ4n) is 5.42. The number of fused-ring (bicyclic) bond motifs is 1. The van der Waals surface area contributed by atoms with Crippen LogP contribution in [-0.4, -0.2) is 51.9 Å². The fourth-order valence-corrected chi connectivity index (χ4v) is 6.61. The fraction of sp³-hybridized carbons (Fsp3) is 0.433. The number of aromatic nitrogens is 2. The van der Waals surface area contributed by atoms with Crippen LogP contribution < -0.4 is 4.90 Å². The number of anilines is 1. The standard InChI is InChI=1S/C30H35FN4O2S/c1-19-11-12-23(20(2)15-19)35-29-26(28(32-35)30(3,4)5)27(21-9-8-10-22(31)16-21)38-18-25(37)34(29)17-24(36)33-13-6-7-14-33/h8-12,15-16,27H,6-7,13-14,17-18H2,1-5H3/t27-/m0/s1. The first-order chi connectivity index (χ1) is 18.0. The molecule has 0 unspecified atom stereocenters. The van der Waals surface area contributed by atoms with Gasteiger partial charge >= 0.3 is 0 Å². The summed E-state index contributed by atoms with van der Waals surface area (Å²) in [6, 6.07) is 12.7. The quantitative estimate of drug-likeness (QED) is 0.430. The van der Waals surface area contributed by atoms with E-state index < -0.39 is 0 Å². The summed E-state index contributed by atoms with van der Waals surface area (Å²) in [6.07, 6.45) is 1.97. The number of thioether (sulfide) groups is 1. The van der Waals surface area contributed by atoms with Crippen molar-refractivity contribution in [2.75, 3.05) is 30.3 Å². The highest BCUT2D eigenvalue weighted by atomic mass is 32.2. The van der Waals surface area contributed by atoms with E-state index in [1.54, 1.807) is 11.0 Å². The van der Waals surface area contributed by atoms with Gasteiger partial charge < -0.3 is 4.90 Å². The molecular formula is C30H35FN4O2S. The van der Waals surface area contributed by atoms with Gasteiger partial charge in [0.15, 0.2) is 0 Å². The molecule has 0 N–H and O–H groups in total. The summed E-state index contributed by atoms with van der Waals surface area (Å²) in [5.41, 5.74) is 5.13. The number of amides is 2. The van der Waals surface area contributed by atoms with Gasteiger partial charge in [-0.3, -0.25) is 14.5 Å². The lowest BCUT2D eigenvalue weighted by Crippen LogP contribution is -2.43. The first-order valence-electron chi connectivity index (χ1n) is 13.2. The minimum atomic E-state index is -0.363. The molecule has 2 amide bonds. The van der Waals surface area contributed by atoms with Crippen LogP contribution in [0.25, 0.3) is 5.69 Å². The molecule has 1 fully saturated rings. The predicted molar refractivity (Wildman–Crippen MR) is 151 cm³/mol. The minimum absolute atomic E-state index is 0.0392. The van der Waals surface area contributed by atoms with Crippen molar-refractivity contribution in [1.82, 2.24) is 14.7 Å². The Morgan fingerprint density at radius 2 is 1.84 bits per heavy atom. The van der Waals surface area contributed by atoms with E-state index in [2.05, 4.69) is 26.8 Å². The molecule has 2 aliphatic heterocycles. The molecule has 0 radical (unpaired) electrons. The van der Waals surface area contributed by atoms with Gasteiger partial charge in [-0.15, -0.1) is 11.8 Å². The number of likely N-dealkylation sites (tertiary alicyclic amines) is 1. The van der Waals surface area contributed by atoms with Crippen molar-refractivity contribution in [2.45, 2.75) is 58.1 Å². The number of carbonyl (C=O) groups excluding carboxylic acids is 2. The average Bonchev–Trinajstić information content (AvgIpc) is 3.49. The molecule has 3 heterocycles. The predicted octanol–water partition coefficient (Wildman–Crippen LogP) is 5.72. The summed E-state index contributed by atoms with van der Waals surface area (Å²) >= 11 is 1.47. The largest absolute Gasteiger partial charge is 0.341 e. The third kappa shape index (κ3) is 4.98. The number of hydrogen-bond acceptors (Lipinski definition) is 4. The first kappa shape index (κ1) is 26.5. The van der Waals surface area contributed by atoms with E-state index in [1.807, 2.05) is 41.6 Å². The molecule has 2 aromatic carbocycles. The van der Waals surface area contributed by atoms with Crippen LogP contribution in [0.1, 0.15) is 66.8 Å². The van der Waals surface area contributed by atoms with Crippen LogP contribution in [-0.2, 0) is 15.0 Å². The number of hydrogen-bond donors (Lipinski definition) is 0. The van der Waals surface area contributed by atoms with Crippen LogP contribution >= 0.6 is 11.8 Å². The maximum absolute atomic E-state index is 14.4. The molecule has 2 aliphatic rings. The van der Waals surface area contributed by atoms with Gasteiger partial charge in [-0.1, -0.05) is 50.6 Å². The van der Waals surface area contributed by atoms with E-state index in [-0.39, 0.29) is 40.6 Å². The van der Waals surface area contributed by atoms with Gasteiger partial charge in [-0.2, -0.15) is 5.10 Å². The Kier molecular flexibility index (Phi) is 7.11. The topological polar surface area (TPSA) is 58.4 Å². The van der Waals surface area contributed by atoms with E-state index in [0.717, 1.165) is 59.6 Å². The van der Waals surface area contributed by atoms with Crippen molar-refractivity contribution in [3.05, 3.63) is 76.2 Å². The smallest absolute Gasteiger partial charge is 0.242 e. The van der Waals surface area contributed by atoms with Crippen LogP contribution in [0, 0.1) is 19.7 Å². The molecule has 0 aliphatic carbocycles. The third-order valence-corrected chi connectivity index (χ3v) is 8.54. The highest BCUT2D eigenvalue weighted by molar-refractivity contribution is 8.00. The molecule has 0 saturated carbocycles. The van der Waals surface area contributed by atoms with Crippen molar-refractivity contribution < 1.29 is 14.0 Å². The van der Waals surface area contributed by atoms with Crippen molar-refractivity contribution in [2.24, 2.45) is 0 Å². The average molecular weight is 535 g/mol. The van der Waals surface area contributed by atoms with Gasteiger partial charge in [0.05, 0.1) is 22.4 Å². The maximum Gasteiger partial charge on any atom is 0.242 e. The molecule has 1 atom stereocenters. The van der Waals surface area contributed by atoms with Gasteiger partial charge in [0, 0.05) is 24.1 Å². The Hall–Kier alpha value is -3.13. The highest BCUT2D eigenvalue weighted by Gasteiger charge is 2.40. The van der Waals surface area contributed by atoms with Crippen LogP contribution in [0.5, 0.6) is 0 Å². The Bertz CT molecular complexity index is 1390. The molecule has 3 aromatic rings. The Morgan fingerprint density at radius 3 is 2.50 bits per heavy atom. The Labute approximate surface area is 228 Å². The second-order valence-corrected chi connectivity index (χ2v) is 12.4. The van der Waals surface area contributed by atoms with Crippen molar-refractivity contribution in [3.63, 3.8) is 0 Å². The van der Waals surface area contributed by atoms with Gasteiger partial charge in [0.1, 0.15) is 18.2 Å². The molecule has 1 aromatic heterocycles. The van der Waals surface area contributed by atoms with Gasteiger partial charge in [-0.25, -0.2) is 9.07 Å². The number of aryl methyl sites for hydroxylation is 2. The van der Waals surface area contributed by atoms with E-state index >= 15 is 0 Å². The molecule has 0 spiro atoms. The molecule has 8 heteroatoms. The summed E-state index contributed by atoms with van der Waals surface area (Å²) in [6.45, 7) is 11.8. The normalized spacial score (nSPS) is 18.1. The van der Waals surface area contributed by atoms with Gasteiger partial charge in [0.2, 0.25) is 11.8 Å².